The van der Waals surface area contributed by atoms with Gasteiger partial charge >= 0.3 is 0 Å². The van der Waals surface area contributed by atoms with Gasteiger partial charge in [-0.3, -0.25) is 33.4 Å². The van der Waals surface area contributed by atoms with Crippen LogP contribution in [-0.2, 0) is 14.4 Å². The van der Waals surface area contributed by atoms with Crippen molar-refractivity contribution in [3.05, 3.63) is 113 Å². The average Bonchev–Trinajstić information content (AvgIpc) is 4.15. The number of aromatic amines is 3. The number of hydrogen-bond donors (Lipinski definition) is 7. The van der Waals surface area contributed by atoms with Gasteiger partial charge in [0.05, 0.1) is 23.6 Å². The zero-order valence-electron chi connectivity index (χ0n) is 44.1. The fourth-order valence-electron chi connectivity index (χ4n) is 4.36. The molecule has 5 aromatic heterocycles. The molecule has 0 aliphatic carbocycles. The summed E-state index contributed by atoms with van der Waals surface area (Å²) in [5.41, 5.74) is 4.85. The van der Waals surface area contributed by atoms with E-state index in [2.05, 4.69) is 84.5 Å². The molecule has 19 nitrogen and oxygen atoms in total. The third kappa shape index (κ3) is 28.8. The van der Waals surface area contributed by atoms with Crippen molar-refractivity contribution >= 4 is 40.7 Å². The Balaban J connectivity index is 0. The topological polar surface area (TPSA) is 276 Å². The fourth-order valence-corrected chi connectivity index (χ4v) is 5.73. The Kier molecular flexibility index (Phi) is 33.0. The molecule has 1 aliphatic heterocycles. The number of amides is 2. The van der Waals surface area contributed by atoms with Crippen LogP contribution in [0.2, 0.25) is 0 Å². The quantitative estimate of drug-likeness (QED) is 0.0764. The first-order valence-corrected chi connectivity index (χ1v) is 24.3. The molecule has 2 amide bonds. The standard InChI is InChI=1S/C9H12O2.C6H10N2O.C6H9NO2.2C6H9NOS.C5H9N3.2C5H11NO/c1-6(2)8-5-11-4-7(3)9(8)10;1-4(2)6-7-5(3)9-8-6;1-4(2)5-3-6(8)7-9-5;1-4(2)6-5(8)3-9-7-6;1-4(2)5-3-6(8)7-9-5;1-4(2)5-6-3-7-8-5;2*1-4(2)5(7)6-3/h4-6H,1-3H3;4H,3H2,1-2H3,(H,7,8);3-4H,1-2H3,(H,7,8);3-4,8H,1-2H3;3-4H,1-2H3,(H,7,8);3-4H,1-2H3,(H,6,7,8);2*4H,1-3H3,(H,6,7). The lowest BCUT2D eigenvalue weighted by atomic mass is 10.0. The van der Waals surface area contributed by atoms with E-state index in [1.165, 1.54) is 48.0 Å². The van der Waals surface area contributed by atoms with E-state index in [0.29, 0.717) is 46.6 Å². The molecule has 7 N–H and O–H groups in total. The molecular weight excluding hydrogens is 925 g/mol. The normalized spacial score (nSPS) is 11.1. The van der Waals surface area contributed by atoms with Crippen LogP contribution in [0.25, 0.3) is 0 Å². The highest BCUT2D eigenvalue weighted by molar-refractivity contribution is 7.05. The number of H-pyrrole nitrogens is 3. The van der Waals surface area contributed by atoms with Crippen LogP contribution in [0.15, 0.2) is 77.1 Å². The number of amidine groups is 1. The van der Waals surface area contributed by atoms with E-state index in [4.69, 9.17) is 18.9 Å². The van der Waals surface area contributed by atoms with E-state index in [1.807, 2.05) is 83.1 Å². The van der Waals surface area contributed by atoms with Crippen LogP contribution in [0.5, 0.6) is 5.75 Å². The lowest BCUT2D eigenvalue weighted by Crippen LogP contribution is -2.22. The number of aromatic nitrogens is 6. The van der Waals surface area contributed by atoms with Crippen molar-refractivity contribution in [1.29, 1.82) is 0 Å². The largest absolute Gasteiger partial charge is 0.505 e. The number of hydroxylamine groups is 1. The van der Waals surface area contributed by atoms with Crippen LogP contribution in [0.4, 0.5) is 0 Å². The van der Waals surface area contributed by atoms with Crippen LogP contribution in [0.1, 0.15) is 174 Å². The molecule has 0 aromatic carbocycles. The molecule has 5 aromatic rings. The van der Waals surface area contributed by atoms with Gasteiger partial charge in [0.2, 0.25) is 17.7 Å². The van der Waals surface area contributed by atoms with Crippen LogP contribution < -0.4 is 32.7 Å². The van der Waals surface area contributed by atoms with Gasteiger partial charge in [0.25, 0.3) is 11.1 Å². The number of aromatic hydroxyl groups is 1. The summed E-state index contributed by atoms with van der Waals surface area (Å²) >= 11 is 2.71. The van der Waals surface area contributed by atoms with Crippen molar-refractivity contribution in [2.24, 2.45) is 22.7 Å². The second-order valence-corrected chi connectivity index (χ2v) is 19.1. The lowest BCUT2D eigenvalue weighted by Gasteiger charge is -2.02. The summed E-state index contributed by atoms with van der Waals surface area (Å²) in [7, 11) is 3.28. The summed E-state index contributed by atoms with van der Waals surface area (Å²) in [6.45, 7) is 37.0. The van der Waals surface area contributed by atoms with Gasteiger partial charge in [-0.15, -0.1) is 0 Å². The highest BCUT2D eigenvalue weighted by Gasteiger charge is 2.12. The van der Waals surface area contributed by atoms with Gasteiger partial charge in [0, 0.05) is 77.7 Å². The number of rotatable bonds is 8. The highest BCUT2D eigenvalue weighted by atomic mass is 32.1. The van der Waals surface area contributed by atoms with E-state index in [0.717, 1.165) is 27.8 Å². The summed E-state index contributed by atoms with van der Waals surface area (Å²) in [5, 5.41) is 24.5. The van der Waals surface area contributed by atoms with Gasteiger partial charge < -0.3 is 29.5 Å². The third-order valence-corrected chi connectivity index (χ3v) is 10.4. The highest BCUT2D eigenvalue weighted by Crippen LogP contribution is 2.25. The Bertz CT molecular complexity index is 2290. The maximum Gasteiger partial charge on any atom is 0.280 e. The predicted octanol–water partition coefficient (Wildman–Crippen LogP) is 9.45. The van der Waals surface area contributed by atoms with Crippen molar-refractivity contribution in [3.8, 4) is 5.75 Å². The molecule has 0 atom stereocenters. The molecule has 0 unspecified atom stereocenters. The summed E-state index contributed by atoms with van der Waals surface area (Å²) in [6, 6.07) is 3.11. The lowest BCUT2D eigenvalue weighted by molar-refractivity contribution is -0.124. The molecular formula is C48H80N10O9S2. The monoisotopic (exact) mass is 1000 g/mol. The number of carbonyl (C=O) groups excluding carboxylic acids is 2. The van der Waals surface area contributed by atoms with E-state index >= 15 is 0 Å². The molecule has 1 aliphatic rings. The summed E-state index contributed by atoms with van der Waals surface area (Å²) in [6.07, 6.45) is 4.53. The second-order valence-electron chi connectivity index (χ2n) is 17.6. The molecule has 0 radical (unpaired) electrons. The Morgan fingerprint density at radius 2 is 1.33 bits per heavy atom. The zero-order chi connectivity index (χ0) is 53.6. The Hall–Kier alpha value is -6.09. The first-order valence-electron chi connectivity index (χ1n) is 22.7. The molecule has 0 fully saturated rings. The molecule has 0 spiro atoms. The third-order valence-electron chi connectivity index (χ3n) is 8.62. The fraction of sp³-hybridized carbons (Fsp3) is 0.562. The second kappa shape index (κ2) is 35.1. The van der Waals surface area contributed by atoms with Gasteiger partial charge in [0.1, 0.15) is 29.5 Å². The number of nitrogens with zero attached hydrogens (tertiary/aromatic N) is 4. The molecule has 388 valence electrons. The molecule has 69 heavy (non-hydrogen) atoms. The van der Waals surface area contributed by atoms with Gasteiger partial charge in [0.15, 0.2) is 5.43 Å². The van der Waals surface area contributed by atoms with Crippen molar-refractivity contribution < 1.29 is 28.5 Å². The van der Waals surface area contributed by atoms with Crippen LogP contribution >= 0.6 is 23.1 Å². The smallest absolute Gasteiger partial charge is 0.280 e. The molecule has 6 heterocycles. The number of aliphatic imine (C=N–C) groups is 1. The minimum atomic E-state index is -0.168. The number of nitrogens with one attached hydrogen (secondary N) is 6. The molecule has 0 bridgehead atoms. The SMILES string of the molecule is C=C1N=C(C(C)C)NO1.CC(C)c1cc(=O)[nH]o1.CC(C)c1cc(=O)[nH]s1.CC(C)c1ncn[nH]1.CC(C)c1nscc1O.CNC(=O)C(C)C.CNC(=O)C(C)C.Cc1cocc(C(C)C)c1=O. The van der Waals surface area contributed by atoms with Crippen LogP contribution in [0.3, 0.4) is 0 Å². The molecule has 6 rings (SSSR count). The van der Waals surface area contributed by atoms with Crippen LogP contribution in [-0.4, -0.2) is 65.9 Å². The maximum atomic E-state index is 11.4. The van der Waals surface area contributed by atoms with Gasteiger partial charge in [-0.25, -0.2) is 10.5 Å². The Morgan fingerprint density at radius 3 is 1.55 bits per heavy atom. The molecule has 0 saturated carbocycles. The number of aryl methyl sites for hydroxylation is 1. The van der Waals surface area contributed by atoms with Crippen molar-refractivity contribution in [2.75, 3.05) is 14.1 Å². The Morgan fingerprint density at radius 1 is 0.754 bits per heavy atom. The van der Waals surface area contributed by atoms with Crippen LogP contribution in [0, 0.1) is 24.7 Å². The van der Waals surface area contributed by atoms with E-state index in [9.17, 15) is 24.0 Å². The molecule has 0 saturated heterocycles. The number of carbonyl (C=O) groups is 2. The first kappa shape index (κ1) is 65.0. The average molecular weight is 1010 g/mol. The summed E-state index contributed by atoms with van der Waals surface area (Å²) in [4.78, 5) is 67.0. The minimum absolute atomic E-state index is 0.0173. The van der Waals surface area contributed by atoms with Crippen molar-refractivity contribution in [1.82, 2.24) is 45.2 Å². The summed E-state index contributed by atoms with van der Waals surface area (Å²) in [5.74, 6) is 5.86. The van der Waals surface area contributed by atoms with Crippen molar-refractivity contribution in [2.45, 2.75) is 147 Å². The first-order chi connectivity index (χ1) is 32.1. The van der Waals surface area contributed by atoms with Gasteiger partial charge in [-0.2, -0.15) is 19.6 Å². The number of hydrogen-bond acceptors (Lipinski definition) is 16. The predicted molar refractivity (Wildman–Crippen MR) is 278 cm³/mol. The van der Waals surface area contributed by atoms with E-state index < -0.39 is 0 Å². The van der Waals surface area contributed by atoms with E-state index in [-0.39, 0.29) is 52.0 Å². The Labute approximate surface area is 415 Å². The van der Waals surface area contributed by atoms with Crippen molar-refractivity contribution in [3.63, 3.8) is 0 Å². The maximum absolute atomic E-state index is 11.4. The summed E-state index contributed by atoms with van der Waals surface area (Å²) < 4.78 is 16.4. The zero-order valence-corrected chi connectivity index (χ0v) is 45.7. The van der Waals surface area contributed by atoms with Gasteiger partial charge in [-0.1, -0.05) is 122 Å². The molecule has 21 heteroatoms. The van der Waals surface area contributed by atoms with E-state index in [1.54, 1.807) is 32.5 Å². The minimum Gasteiger partial charge on any atom is -0.505 e. The van der Waals surface area contributed by atoms with Gasteiger partial charge in [-0.05, 0) is 36.9 Å².